The van der Waals surface area contributed by atoms with E-state index in [1.54, 1.807) is 6.20 Å². The number of aromatic nitrogens is 8. The van der Waals surface area contributed by atoms with Gasteiger partial charge in [0.25, 0.3) is 0 Å². The largest absolute Gasteiger partial charge is 0.491 e. The summed E-state index contributed by atoms with van der Waals surface area (Å²) in [4.78, 5) is 9.26. The molecule has 0 aliphatic carbocycles. The van der Waals surface area contributed by atoms with Gasteiger partial charge >= 0.3 is 0 Å². The molecule has 0 bridgehead atoms. The SMILES string of the molecule is CCCCc1nc2c(C)ccc(OCCCn3ccnc3)c2n1Cc1ccc(-c2ccccc2-c2nnn[nH]2)cc1. The van der Waals surface area contributed by atoms with Crippen LogP contribution in [0.3, 0.4) is 0 Å². The van der Waals surface area contributed by atoms with E-state index in [9.17, 15) is 0 Å². The van der Waals surface area contributed by atoms with Crippen LogP contribution in [0.15, 0.2) is 79.4 Å². The Morgan fingerprint density at radius 3 is 2.56 bits per heavy atom. The quantitative estimate of drug-likeness (QED) is 0.182. The van der Waals surface area contributed by atoms with E-state index in [0.717, 1.165) is 83.6 Å². The zero-order valence-electron chi connectivity index (χ0n) is 23.5. The fourth-order valence-corrected chi connectivity index (χ4v) is 5.23. The summed E-state index contributed by atoms with van der Waals surface area (Å²) in [5, 5.41) is 14.5. The molecule has 0 radical (unpaired) electrons. The van der Waals surface area contributed by atoms with Crippen LogP contribution in [-0.2, 0) is 19.5 Å². The van der Waals surface area contributed by atoms with Crippen LogP contribution in [-0.4, -0.2) is 46.3 Å². The van der Waals surface area contributed by atoms with E-state index in [1.807, 2.05) is 30.7 Å². The van der Waals surface area contributed by atoms with Crippen molar-refractivity contribution in [1.29, 1.82) is 0 Å². The highest BCUT2D eigenvalue weighted by Crippen LogP contribution is 2.33. The van der Waals surface area contributed by atoms with Gasteiger partial charge in [-0.3, -0.25) is 0 Å². The Morgan fingerprint density at radius 1 is 0.951 bits per heavy atom. The Labute approximate surface area is 239 Å². The number of imidazole rings is 2. The monoisotopic (exact) mass is 546 g/mol. The topological polar surface area (TPSA) is 99.3 Å². The molecule has 0 aliphatic heterocycles. The minimum Gasteiger partial charge on any atom is -0.491 e. The molecule has 0 spiro atoms. The molecule has 0 atom stereocenters. The molecule has 0 saturated heterocycles. The highest BCUT2D eigenvalue weighted by molar-refractivity contribution is 5.86. The van der Waals surface area contributed by atoms with Gasteiger partial charge in [-0.2, -0.15) is 0 Å². The predicted octanol–water partition coefficient (Wildman–Crippen LogP) is 6.25. The third-order valence-electron chi connectivity index (χ3n) is 7.40. The molecule has 6 aromatic rings. The molecular formula is C32H34N8O. The van der Waals surface area contributed by atoms with Crippen molar-refractivity contribution in [3.63, 3.8) is 0 Å². The molecule has 3 aromatic heterocycles. The van der Waals surface area contributed by atoms with Crippen LogP contribution >= 0.6 is 0 Å². The van der Waals surface area contributed by atoms with Crippen LogP contribution < -0.4 is 4.74 Å². The van der Waals surface area contributed by atoms with Crippen molar-refractivity contribution in [1.82, 2.24) is 39.7 Å². The number of rotatable bonds is 12. The minimum absolute atomic E-state index is 0.626. The van der Waals surface area contributed by atoms with Crippen LogP contribution in [0.25, 0.3) is 33.5 Å². The van der Waals surface area contributed by atoms with Gasteiger partial charge in [-0.1, -0.05) is 67.9 Å². The molecule has 0 unspecified atom stereocenters. The number of nitrogens with zero attached hydrogens (tertiary/aromatic N) is 7. The molecule has 0 saturated carbocycles. The van der Waals surface area contributed by atoms with Crippen LogP contribution in [0.1, 0.15) is 43.1 Å². The Balaban J connectivity index is 1.29. The molecule has 208 valence electrons. The van der Waals surface area contributed by atoms with E-state index in [4.69, 9.17) is 9.72 Å². The normalized spacial score (nSPS) is 11.4. The fourth-order valence-electron chi connectivity index (χ4n) is 5.23. The van der Waals surface area contributed by atoms with Gasteiger partial charge in [0.1, 0.15) is 17.1 Å². The fraction of sp³-hybridized carbons (Fsp3) is 0.281. The average Bonchev–Trinajstić information content (AvgIpc) is 3.79. The second kappa shape index (κ2) is 12.2. The molecule has 3 heterocycles. The summed E-state index contributed by atoms with van der Waals surface area (Å²) < 4.78 is 10.8. The minimum atomic E-state index is 0.626. The lowest BCUT2D eigenvalue weighted by molar-refractivity contribution is 0.304. The van der Waals surface area contributed by atoms with Crippen LogP contribution in [0.2, 0.25) is 0 Å². The number of tetrazole rings is 1. The molecule has 1 N–H and O–H groups in total. The lowest BCUT2D eigenvalue weighted by Gasteiger charge is -2.14. The zero-order chi connectivity index (χ0) is 28.0. The number of fused-ring (bicyclic) bond motifs is 1. The van der Waals surface area contributed by atoms with E-state index in [-0.39, 0.29) is 0 Å². The lowest BCUT2D eigenvalue weighted by Crippen LogP contribution is -2.08. The summed E-state index contributed by atoms with van der Waals surface area (Å²) in [6.45, 7) is 6.57. The number of benzene rings is 3. The maximum absolute atomic E-state index is 6.38. The van der Waals surface area contributed by atoms with Gasteiger partial charge in [-0.25, -0.2) is 15.1 Å². The summed E-state index contributed by atoms with van der Waals surface area (Å²) in [6.07, 6.45) is 9.67. The summed E-state index contributed by atoms with van der Waals surface area (Å²) in [5.41, 5.74) is 7.63. The number of ether oxygens (including phenoxy) is 1. The molecule has 9 heteroatoms. The van der Waals surface area contributed by atoms with Crippen molar-refractivity contribution in [2.24, 2.45) is 0 Å². The molecule has 0 fully saturated rings. The molecular weight excluding hydrogens is 512 g/mol. The summed E-state index contributed by atoms with van der Waals surface area (Å²) >= 11 is 0. The highest BCUT2D eigenvalue weighted by Gasteiger charge is 2.18. The number of H-pyrrole nitrogens is 1. The molecule has 9 nitrogen and oxygen atoms in total. The first-order valence-electron chi connectivity index (χ1n) is 14.2. The number of nitrogens with one attached hydrogen (secondary N) is 1. The maximum Gasteiger partial charge on any atom is 0.180 e. The molecule has 6 rings (SSSR count). The van der Waals surface area contributed by atoms with Crippen molar-refractivity contribution in [2.45, 2.75) is 52.6 Å². The van der Waals surface area contributed by atoms with E-state index < -0.39 is 0 Å². The first kappa shape index (κ1) is 26.4. The van der Waals surface area contributed by atoms with Gasteiger partial charge in [0.05, 0.1) is 18.5 Å². The first-order valence-corrected chi connectivity index (χ1v) is 14.2. The van der Waals surface area contributed by atoms with E-state index >= 15 is 0 Å². The van der Waals surface area contributed by atoms with Gasteiger partial charge in [0, 0.05) is 37.5 Å². The maximum atomic E-state index is 6.38. The number of unbranched alkanes of at least 4 members (excludes halogenated alkanes) is 1. The van der Waals surface area contributed by atoms with Crippen molar-refractivity contribution in [2.75, 3.05) is 6.61 Å². The van der Waals surface area contributed by atoms with Gasteiger partial charge < -0.3 is 13.9 Å². The van der Waals surface area contributed by atoms with E-state index in [1.165, 1.54) is 5.56 Å². The number of aryl methyl sites for hydroxylation is 3. The predicted molar refractivity (Wildman–Crippen MR) is 160 cm³/mol. The first-order chi connectivity index (χ1) is 20.2. The molecule has 0 aliphatic rings. The highest BCUT2D eigenvalue weighted by atomic mass is 16.5. The van der Waals surface area contributed by atoms with Crippen LogP contribution in [0.4, 0.5) is 0 Å². The number of aromatic amines is 1. The van der Waals surface area contributed by atoms with Gasteiger partial charge in [0.15, 0.2) is 5.82 Å². The Bertz CT molecular complexity index is 1700. The molecule has 3 aromatic carbocycles. The second-order valence-electron chi connectivity index (χ2n) is 10.3. The number of hydrogen-bond acceptors (Lipinski definition) is 6. The lowest BCUT2D eigenvalue weighted by atomic mass is 9.98. The van der Waals surface area contributed by atoms with Gasteiger partial charge in [-0.15, -0.1) is 5.10 Å². The van der Waals surface area contributed by atoms with Crippen LogP contribution in [0.5, 0.6) is 5.75 Å². The van der Waals surface area contributed by atoms with Crippen LogP contribution in [0, 0.1) is 6.92 Å². The molecule has 0 amide bonds. The third-order valence-corrected chi connectivity index (χ3v) is 7.40. The van der Waals surface area contributed by atoms with E-state index in [0.29, 0.717) is 12.4 Å². The zero-order valence-corrected chi connectivity index (χ0v) is 23.5. The smallest absolute Gasteiger partial charge is 0.180 e. The Morgan fingerprint density at radius 2 is 1.80 bits per heavy atom. The number of hydrogen-bond donors (Lipinski definition) is 1. The van der Waals surface area contributed by atoms with E-state index in [2.05, 4.69) is 91.1 Å². The van der Waals surface area contributed by atoms with Crippen molar-refractivity contribution >= 4 is 11.0 Å². The summed E-state index contributed by atoms with van der Waals surface area (Å²) in [5.74, 6) is 2.65. The Hall–Kier alpha value is -4.79. The Kier molecular flexibility index (Phi) is 7.84. The van der Waals surface area contributed by atoms with Crippen molar-refractivity contribution in [3.05, 3.63) is 96.3 Å². The third kappa shape index (κ3) is 5.75. The van der Waals surface area contributed by atoms with Crippen molar-refractivity contribution in [3.8, 4) is 28.3 Å². The molecule has 41 heavy (non-hydrogen) atoms. The average molecular weight is 547 g/mol. The van der Waals surface area contributed by atoms with Gasteiger partial charge in [-0.05, 0) is 58.5 Å². The second-order valence-corrected chi connectivity index (χ2v) is 10.3. The van der Waals surface area contributed by atoms with Gasteiger partial charge in [0.2, 0.25) is 0 Å². The standard InChI is InChI=1S/C32H34N8O/c1-3-4-10-29-34-30-23(2)11-16-28(41-20-7-18-39-19-17-33-22-39)31(30)40(29)21-24-12-14-25(15-13-24)26-8-5-6-9-27(26)32-35-37-38-36-32/h5-6,8-9,11-17,19,22H,3-4,7,10,18,20-21H2,1-2H3,(H,35,36,37,38). The summed E-state index contributed by atoms with van der Waals surface area (Å²) in [7, 11) is 0. The van der Waals surface area contributed by atoms with Crippen molar-refractivity contribution < 1.29 is 4.74 Å². The summed E-state index contributed by atoms with van der Waals surface area (Å²) in [6, 6.07) is 21.1.